The number of aromatic nitrogens is 1. The number of carbonyl (C=O) groups excluding carboxylic acids is 1. The van der Waals surface area contributed by atoms with Gasteiger partial charge in [-0.1, -0.05) is 11.6 Å². The van der Waals surface area contributed by atoms with Gasteiger partial charge >= 0.3 is 0 Å². The summed E-state index contributed by atoms with van der Waals surface area (Å²) in [7, 11) is 1.81. The molecule has 1 aliphatic rings. The fourth-order valence-electron chi connectivity index (χ4n) is 3.68. The molecule has 0 aliphatic heterocycles. The largest absolute Gasteiger partial charge is 0.390 e. The smallest absolute Gasteiger partial charge is 0.253 e. The highest BCUT2D eigenvalue weighted by Gasteiger charge is 2.31. The number of hydrogen-bond acceptors (Lipinski definition) is 4. The van der Waals surface area contributed by atoms with E-state index in [0.29, 0.717) is 16.5 Å². The Morgan fingerprint density at radius 2 is 1.96 bits per heavy atom. The summed E-state index contributed by atoms with van der Waals surface area (Å²) in [6, 6.07) is 5.66. The van der Waals surface area contributed by atoms with Crippen molar-refractivity contribution in [2.75, 3.05) is 12.4 Å². The van der Waals surface area contributed by atoms with Crippen LogP contribution in [0.5, 0.6) is 0 Å². The lowest BCUT2D eigenvalue weighted by Gasteiger charge is -2.36. The van der Waals surface area contributed by atoms with Crippen LogP contribution in [0.25, 0.3) is 10.9 Å². The number of aliphatic hydroxyl groups is 1. The molecule has 1 aromatic carbocycles. The Morgan fingerprint density at radius 3 is 2.58 bits per heavy atom. The summed E-state index contributed by atoms with van der Waals surface area (Å²) in [4.78, 5) is 17.0. The second kappa shape index (κ2) is 7.41. The predicted molar refractivity (Wildman–Crippen MR) is 108 cm³/mol. The minimum absolute atomic E-state index is 0. The van der Waals surface area contributed by atoms with E-state index in [1.54, 1.807) is 6.20 Å². The SMILES string of the molecule is CNc1cc2ncc(C(=O)NC3CCC(C(C)(C)O)CC3)cc2cc1Cl.[HH]. The number of nitrogens with one attached hydrogen (secondary N) is 2. The third-order valence-electron chi connectivity index (χ3n) is 5.36. The maximum atomic E-state index is 12.6. The summed E-state index contributed by atoms with van der Waals surface area (Å²) in [5.41, 5.74) is 1.49. The van der Waals surface area contributed by atoms with Crippen LogP contribution in [0.3, 0.4) is 0 Å². The number of nitrogens with zero attached hydrogens (tertiary/aromatic N) is 1. The van der Waals surface area contributed by atoms with Crippen molar-refractivity contribution < 1.29 is 11.3 Å². The second-order valence-electron chi connectivity index (χ2n) is 7.67. The van der Waals surface area contributed by atoms with E-state index in [4.69, 9.17) is 11.6 Å². The van der Waals surface area contributed by atoms with Gasteiger partial charge in [-0.05, 0) is 63.6 Å². The second-order valence-corrected chi connectivity index (χ2v) is 8.08. The van der Waals surface area contributed by atoms with Gasteiger partial charge in [-0.15, -0.1) is 0 Å². The summed E-state index contributed by atoms with van der Waals surface area (Å²) in [6.45, 7) is 3.73. The molecule has 5 nitrogen and oxygen atoms in total. The van der Waals surface area contributed by atoms with Crippen LogP contribution in [0.15, 0.2) is 24.4 Å². The molecule has 0 bridgehead atoms. The zero-order valence-electron chi connectivity index (χ0n) is 15.5. The lowest BCUT2D eigenvalue weighted by molar-refractivity contribution is -0.00257. The molecule has 1 amide bonds. The van der Waals surface area contributed by atoms with E-state index in [1.165, 1.54) is 0 Å². The third-order valence-corrected chi connectivity index (χ3v) is 5.68. The van der Waals surface area contributed by atoms with Crippen LogP contribution in [0, 0.1) is 5.92 Å². The Labute approximate surface area is 160 Å². The molecule has 0 spiro atoms. The Bertz CT molecular complexity index is 815. The highest BCUT2D eigenvalue weighted by molar-refractivity contribution is 6.34. The van der Waals surface area contributed by atoms with Gasteiger partial charge in [0.25, 0.3) is 5.91 Å². The van der Waals surface area contributed by atoms with Gasteiger partial charge in [0.05, 0.1) is 27.4 Å². The minimum atomic E-state index is -0.650. The molecular weight excluding hydrogens is 350 g/mol. The first-order chi connectivity index (χ1) is 12.3. The van der Waals surface area contributed by atoms with Crippen LogP contribution in [-0.2, 0) is 0 Å². The van der Waals surface area contributed by atoms with Crippen LogP contribution in [0.1, 0.15) is 51.3 Å². The van der Waals surface area contributed by atoms with E-state index in [-0.39, 0.29) is 13.4 Å². The highest BCUT2D eigenvalue weighted by atomic mass is 35.5. The van der Waals surface area contributed by atoms with Crippen LogP contribution < -0.4 is 10.6 Å². The van der Waals surface area contributed by atoms with Gasteiger partial charge in [0.2, 0.25) is 0 Å². The quantitative estimate of drug-likeness (QED) is 0.745. The Kier molecular flexibility index (Phi) is 5.39. The maximum Gasteiger partial charge on any atom is 0.253 e. The molecule has 26 heavy (non-hydrogen) atoms. The first-order valence-corrected chi connectivity index (χ1v) is 9.46. The van der Waals surface area contributed by atoms with Gasteiger partial charge in [0.1, 0.15) is 0 Å². The van der Waals surface area contributed by atoms with Gasteiger partial charge in [0, 0.05) is 26.1 Å². The summed E-state index contributed by atoms with van der Waals surface area (Å²) in [6.07, 6.45) is 5.23. The fourth-order valence-corrected chi connectivity index (χ4v) is 3.94. The van der Waals surface area contributed by atoms with Gasteiger partial charge in [0.15, 0.2) is 0 Å². The van der Waals surface area contributed by atoms with E-state index in [9.17, 15) is 9.90 Å². The van der Waals surface area contributed by atoms with E-state index in [1.807, 2.05) is 39.1 Å². The fraction of sp³-hybridized carbons (Fsp3) is 0.500. The molecule has 1 saturated carbocycles. The molecule has 1 aromatic heterocycles. The molecule has 3 N–H and O–H groups in total. The summed E-state index contributed by atoms with van der Waals surface area (Å²) in [5.74, 6) is 0.182. The number of carbonyl (C=O) groups is 1. The van der Waals surface area contributed by atoms with Crippen molar-refractivity contribution in [2.24, 2.45) is 5.92 Å². The van der Waals surface area contributed by atoms with Crippen molar-refractivity contribution in [3.05, 3.63) is 35.0 Å². The minimum Gasteiger partial charge on any atom is -0.390 e. The van der Waals surface area contributed by atoms with Crippen LogP contribution in [0.2, 0.25) is 5.02 Å². The zero-order chi connectivity index (χ0) is 18.9. The molecule has 0 saturated heterocycles. The van der Waals surface area contributed by atoms with Crippen molar-refractivity contribution in [2.45, 2.75) is 51.2 Å². The number of hydrogen-bond donors (Lipinski definition) is 3. The van der Waals surface area contributed by atoms with Crippen molar-refractivity contribution in [1.29, 1.82) is 0 Å². The standard InChI is InChI=1S/C20H26ClN3O2.H2/c1-20(2,26)14-4-6-15(7-5-14)24-19(25)13-8-12-9-16(21)18(22-3)10-17(12)23-11-13;/h8-11,14-15,22,26H,4-7H2,1-3H3,(H,24,25);1H. The number of amides is 1. The van der Waals surface area contributed by atoms with E-state index >= 15 is 0 Å². The van der Waals surface area contributed by atoms with E-state index < -0.39 is 5.60 Å². The topological polar surface area (TPSA) is 74.2 Å². The van der Waals surface area contributed by atoms with Crippen molar-refractivity contribution >= 4 is 34.1 Å². The van der Waals surface area contributed by atoms with Gasteiger partial charge in [-0.25, -0.2) is 0 Å². The predicted octanol–water partition coefficient (Wildman–Crippen LogP) is 4.24. The molecule has 0 radical (unpaired) electrons. The van der Waals surface area contributed by atoms with E-state index in [2.05, 4.69) is 15.6 Å². The number of benzene rings is 1. The summed E-state index contributed by atoms with van der Waals surface area (Å²) >= 11 is 6.23. The number of rotatable bonds is 4. The Morgan fingerprint density at radius 1 is 1.27 bits per heavy atom. The Hall–Kier alpha value is -1.85. The molecule has 1 heterocycles. The zero-order valence-corrected chi connectivity index (χ0v) is 16.2. The molecule has 1 aliphatic carbocycles. The Balaban J connectivity index is 0.00000261. The number of halogens is 1. The normalized spacial score (nSPS) is 20.8. The summed E-state index contributed by atoms with van der Waals surface area (Å²) < 4.78 is 0. The number of anilines is 1. The molecule has 142 valence electrons. The molecule has 0 atom stereocenters. The maximum absolute atomic E-state index is 12.6. The summed E-state index contributed by atoms with van der Waals surface area (Å²) in [5, 5.41) is 17.7. The average Bonchev–Trinajstić information content (AvgIpc) is 2.60. The van der Waals surface area contributed by atoms with Gasteiger partial charge in [-0.2, -0.15) is 0 Å². The first-order valence-electron chi connectivity index (χ1n) is 9.08. The van der Waals surface area contributed by atoms with Crippen LogP contribution in [-0.4, -0.2) is 34.7 Å². The lowest BCUT2D eigenvalue weighted by Crippen LogP contribution is -2.41. The van der Waals surface area contributed by atoms with Crippen molar-refractivity contribution in [1.82, 2.24) is 10.3 Å². The third kappa shape index (κ3) is 4.10. The highest BCUT2D eigenvalue weighted by Crippen LogP contribution is 2.32. The van der Waals surface area contributed by atoms with Crippen LogP contribution >= 0.6 is 11.6 Å². The first kappa shape index (κ1) is 18.9. The molecule has 0 unspecified atom stereocenters. The van der Waals surface area contributed by atoms with Gasteiger partial charge in [-0.3, -0.25) is 9.78 Å². The van der Waals surface area contributed by atoms with Gasteiger partial charge < -0.3 is 15.7 Å². The lowest BCUT2D eigenvalue weighted by atomic mass is 9.77. The average molecular weight is 378 g/mol. The van der Waals surface area contributed by atoms with Crippen molar-refractivity contribution in [3.63, 3.8) is 0 Å². The number of fused-ring (bicyclic) bond motifs is 1. The monoisotopic (exact) mass is 377 g/mol. The van der Waals surface area contributed by atoms with Crippen LogP contribution in [0.4, 0.5) is 5.69 Å². The van der Waals surface area contributed by atoms with Crippen molar-refractivity contribution in [3.8, 4) is 0 Å². The van der Waals surface area contributed by atoms with E-state index in [0.717, 1.165) is 42.3 Å². The number of pyridine rings is 1. The molecule has 3 rings (SSSR count). The molecule has 1 fully saturated rings. The molecule has 6 heteroatoms. The molecular formula is C20H28ClN3O2. The molecule has 2 aromatic rings.